The van der Waals surface area contributed by atoms with Gasteiger partial charge in [-0.25, -0.2) is 8.42 Å². The molecule has 0 spiro atoms. The molecule has 1 aliphatic heterocycles. The molecular weight excluding hydrogens is 340 g/mol. The fourth-order valence-electron chi connectivity index (χ4n) is 2.88. The van der Waals surface area contributed by atoms with Crippen LogP contribution in [0.4, 0.5) is 0 Å². The smallest absolute Gasteiger partial charge is 0.243 e. The Morgan fingerprint density at radius 3 is 2.32 bits per heavy atom. The highest BCUT2D eigenvalue weighted by atomic mass is 32.2. The normalized spacial score (nSPS) is 16.5. The van der Waals surface area contributed by atoms with Crippen molar-refractivity contribution in [2.45, 2.75) is 44.4 Å². The van der Waals surface area contributed by atoms with Gasteiger partial charge in [-0.3, -0.25) is 9.59 Å². The molecule has 7 heteroatoms. The molecular formula is C18H26N2O4S. The second-order valence-electron chi connectivity index (χ2n) is 6.32. The minimum Gasteiger partial charge on any atom is -0.341 e. The molecule has 0 saturated carbocycles. The van der Waals surface area contributed by atoms with E-state index in [-0.39, 0.29) is 16.6 Å². The van der Waals surface area contributed by atoms with Crippen molar-refractivity contribution in [3.8, 4) is 0 Å². The van der Waals surface area contributed by atoms with E-state index in [1.165, 1.54) is 35.5 Å². The maximum atomic E-state index is 12.8. The maximum Gasteiger partial charge on any atom is 0.243 e. The number of hydrogen-bond donors (Lipinski definition) is 0. The van der Waals surface area contributed by atoms with E-state index in [0.29, 0.717) is 44.6 Å². The molecule has 0 radical (unpaired) electrons. The molecule has 1 aromatic carbocycles. The van der Waals surface area contributed by atoms with Crippen molar-refractivity contribution in [1.29, 1.82) is 0 Å². The lowest BCUT2D eigenvalue weighted by molar-refractivity contribution is -0.131. The van der Waals surface area contributed by atoms with E-state index in [1.807, 2.05) is 6.92 Å². The van der Waals surface area contributed by atoms with Gasteiger partial charge < -0.3 is 4.90 Å². The first-order valence-electron chi connectivity index (χ1n) is 8.75. The third kappa shape index (κ3) is 4.89. The first-order chi connectivity index (χ1) is 11.9. The van der Waals surface area contributed by atoms with Gasteiger partial charge in [0, 0.05) is 38.2 Å². The first-order valence-corrected chi connectivity index (χ1v) is 10.2. The minimum atomic E-state index is -3.61. The van der Waals surface area contributed by atoms with Gasteiger partial charge >= 0.3 is 0 Å². The van der Waals surface area contributed by atoms with Crippen LogP contribution >= 0.6 is 0 Å². The van der Waals surface area contributed by atoms with Gasteiger partial charge in [-0.15, -0.1) is 0 Å². The molecule has 0 unspecified atom stereocenters. The summed E-state index contributed by atoms with van der Waals surface area (Å²) in [6, 6.07) is 6.02. The van der Waals surface area contributed by atoms with Crippen molar-refractivity contribution < 1.29 is 18.0 Å². The highest BCUT2D eigenvalue weighted by molar-refractivity contribution is 7.89. The second kappa shape index (κ2) is 8.58. The monoisotopic (exact) mass is 366 g/mol. The summed E-state index contributed by atoms with van der Waals surface area (Å²) in [4.78, 5) is 25.4. The summed E-state index contributed by atoms with van der Waals surface area (Å²) in [6.45, 7) is 5.21. The van der Waals surface area contributed by atoms with Crippen LogP contribution in [0.3, 0.4) is 0 Å². The van der Waals surface area contributed by atoms with Gasteiger partial charge in [0.15, 0.2) is 5.78 Å². The molecule has 2 rings (SSSR count). The van der Waals surface area contributed by atoms with Crippen molar-refractivity contribution >= 4 is 21.7 Å². The Balaban J connectivity index is 2.07. The molecule has 1 fully saturated rings. The number of Topliss-reactive ketones (excluding diaryl/α,β-unsaturated/α-hetero) is 1. The summed E-state index contributed by atoms with van der Waals surface area (Å²) in [5.74, 6) is 0.00635. The molecule has 0 atom stereocenters. The lowest BCUT2D eigenvalue weighted by Gasteiger charge is -2.22. The predicted octanol–water partition coefficient (Wildman–Crippen LogP) is 2.30. The van der Waals surface area contributed by atoms with Gasteiger partial charge in [0.25, 0.3) is 0 Å². The number of amides is 1. The third-order valence-electron chi connectivity index (χ3n) is 4.45. The van der Waals surface area contributed by atoms with Gasteiger partial charge in [0.05, 0.1) is 4.90 Å². The largest absolute Gasteiger partial charge is 0.341 e. The Morgan fingerprint density at radius 2 is 1.72 bits per heavy atom. The van der Waals surface area contributed by atoms with Gasteiger partial charge in [-0.05, 0) is 31.9 Å². The fraction of sp³-hybridized carbons (Fsp3) is 0.556. The average molecular weight is 366 g/mol. The molecule has 138 valence electrons. The number of rotatable bonds is 6. The molecule has 1 amide bonds. The summed E-state index contributed by atoms with van der Waals surface area (Å²) >= 11 is 0. The van der Waals surface area contributed by atoms with Gasteiger partial charge in [-0.2, -0.15) is 4.31 Å². The topological polar surface area (TPSA) is 74.8 Å². The summed E-state index contributed by atoms with van der Waals surface area (Å²) < 4.78 is 27.0. The molecule has 1 aromatic rings. The zero-order valence-electron chi connectivity index (χ0n) is 14.9. The van der Waals surface area contributed by atoms with E-state index >= 15 is 0 Å². The number of unbranched alkanes of at least 4 members (excludes halogenated alkanes) is 1. The Morgan fingerprint density at radius 1 is 1.04 bits per heavy atom. The SMILES string of the molecule is CCCCC(=O)N1CCCN(S(=O)(=O)c2ccc(C(C)=O)cc2)CC1. The van der Waals surface area contributed by atoms with Gasteiger partial charge in [-0.1, -0.05) is 25.5 Å². The molecule has 1 heterocycles. The van der Waals surface area contributed by atoms with Crippen molar-refractivity contribution in [3.05, 3.63) is 29.8 Å². The average Bonchev–Trinajstić information content (AvgIpc) is 2.86. The van der Waals surface area contributed by atoms with Crippen molar-refractivity contribution in [2.24, 2.45) is 0 Å². The molecule has 25 heavy (non-hydrogen) atoms. The van der Waals surface area contributed by atoms with E-state index in [0.717, 1.165) is 12.8 Å². The number of ketones is 1. The van der Waals surface area contributed by atoms with Gasteiger partial charge in [0.2, 0.25) is 15.9 Å². The Kier molecular flexibility index (Phi) is 6.72. The third-order valence-corrected chi connectivity index (χ3v) is 6.36. The molecule has 0 N–H and O–H groups in total. The van der Waals surface area contributed by atoms with E-state index < -0.39 is 10.0 Å². The quantitative estimate of drug-likeness (QED) is 0.724. The molecule has 1 aliphatic rings. The number of hydrogen-bond acceptors (Lipinski definition) is 4. The molecule has 1 saturated heterocycles. The van der Waals surface area contributed by atoms with E-state index in [9.17, 15) is 18.0 Å². The number of benzene rings is 1. The van der Waals surface area contributed by atoms with Crippen LogP contribution in [0.2, 0.25) is 0 Å². The second-order valence-corrected chi connectivity index (χ2v) is 8.26. The van der Waals surface area contributed by atoms with E-state index in [2.05, 4.69) is 0 Å². The van der Waals surface area contributed by atoms with Crippen molar-refractivity contribution in [3.63, 3.8) is 0 Å². The Hall–Kier alpha value is -1.73. The number of sulfonamides is 1. The highest BCUT2D eigenvalue weighted by Gasteiger charge is 2.28. The van der Waals surface area contributed by atoms with Gasteiger partial charge in [0.1, 0.15) is 0 Å². The molecule has 0 aromatic heterocycles. The van der Waals surface area contributed by atoms with Crippen LogP contribution in [0.15, 0.2) is 29.2 Å². The zero-order chi connectivity index (χ0) is 18.4. The molecule has 6 nitrogen and oxygen atoms in total. The zero-order valence-corrected chi connectivity index (χ0v) is 15.7. The van der Waals surface area contributed by atoms with Crippen molar-refractivity contribution in [1.82, 2.24) is 9.21 Å². The summed E-state index contributed by atoms with van der Waals surface area (Å²) in [7, 11) is -3.61. The molecule has 0 aliphatic carbocycles. The first kappa shape index (κ1) is 19.6. The number of nitrogens with zero attached hydrogens (tertiary/aromatic N) is 2. The summed E-state index contributed by atoms with van der Waals surface area (Å²) in [5, 5.41) is 0. The van der Waals surface area contributed by atoms with E-state index in [1.54, 1.807) is 4.90 Å². The number of carbonyl (C=O) groups excluding carboxylic acids is 2. The highest BCUT2D eigenvalue weighted by Crippen LogP contribution is 2.19. The summed E-state index contributed by atoms with van der Waals surface area (Å²) in [6.07, 6.45) is 2.98. The molecule has 0 bridgehead atoms. The van der Waals surface area contributed by atoms with Crippen LogP contribution in [0, 0.1) is 0 Å². The van der Waals surface area contributed by atoms with Crippen molar-refractivity contribution in [2.75, 3.05) is 26.2 Å². The Labute approximate surface area is 149 Å². The van der Waals surface area contributed by atoms with Crippen LogP contribution in [-0.2, 0) is 14.8 Å². The van der Waals surface area contributed by atoms with E-state index in [4.69, 9.17) is 0 Å². The maximum absolute atomic E-state index is 12.8. The predicted molar refractivity (Wildman–Crippen MR) is 95.9 cm³/mol. The fourth-order valence-corrected chi connectivity index (χ4v) is 4.35. The standard InChI is InChI=1S/C18H26N2O4S/c1-3-4-6-18(22)19-11-5-12-20(14-13-19)25(23,24)17-9-7-16(8-10-17)15(2)21/h7-10H,3-6,11-14H2,1-2H3. The minimum absolute atomic E-state index is 0.0973. The lowest BCUT2D eigenvalue weighted by Crippen LogP contribution is -2.37. The van der Waals surface area contributed by atoms with Crippen LogP contribution in [0.1, 0.15) is 49.9 Å². The summed E-state index contributed by atoms with van der Waals surface area (Å²) in [5.41, 5.74) is 0.488. The van der Waals surface area contributed by atoms with Crippen LogP contribution in [-0.4, -0.2) is 55.5 Å². The lowest BCUT2D eigenvalue weighted by atomic mass is 10.2. The van der Waals surface area contributed by atoms with Crippen LogP contribution in [0.25, 0.3) is 0 Å². The Bertz CT molecular complexity index is 713. The van der Waals surface area contributed by atoms with Crippen LogP contribution < -0.4 is 0 Å². The van der Waals surface area contributed by atoms with Crippen LogP contribution in [0.5, 0.6) is 0 Å². The number of carbonyl (C=O) groups is 2.